The molecule has 0 aromatic rings. The van der Waals surface area contributed by atoms with E-state index in [4.69, 9.17) is 14.2 Å². The van der Waals surface area contributed by atoms with Crippen LogP contribution in [0.15, 0.2) is 109 Å². The normalized spacial score (nSPS) is 12.9. The van der Waals surface area contributed by atoms with Gasteiger partial charge in [-0.3, -0.25) is 14.4 Å². The predicted octanol–water partition coefficient (Wildman–Crippen LogP) is 19.9. The first kappa shape index (κ1) is 67.1. The van der Waals surface area contributed by atoms with Crippen molar-refractivity contribution in [1.29, 1.82) is 0 Å². The van der Waals surface area contributed by atoms with E-state index < -0.39 is 6.10 Å². The van der Waals surface area contributed by atoms with Crippen LogP contribution in [-0.2, 0) is 28.6 Å². The van der Waals surface area contributed by atoms with Gasteiger partial charge in [0.05, 0.1) is 0 Å². The van der Waals surface area contributed by atoms with E-state index in [1.807, 2.05) is 0 Å². The maximum Gasteiger partial charge on any atom is 0.306 e. The predicted molar refractivity (Wildman–Crippen MR) is 307 cm³/mol. The Balaban J connectivity index is 4.46. The van der Waals surface area contributed by atoms with Gasteiger partial charge >= 0.3 is 17.9 Å². The Labute approximate surface area is 438 Å². The Morgan fingerprint density at radius 1 is 0.296 bits per heavy atom. The molecular weight excluding hydrogens is 877 g/mol. The molecule has 0 saturated carbocycles. The van der Waals surface area contributed by atoms with Crippen molar-refractivity contribution in [2.24, 2.45) is 0 Å². The van der Waals surface area contributed by atoms with E-state index >= 15 is 0 Å². The second-order valence-corrected chi connectivity index (χ2v) is 19.1. The van der Waals surface area contributed by atoms with Gasteiger partial charge in [-0.1, -0.05) is 233 Å². The molecule has 6 nitrogen and oxygen atoms in total. The summed E-state index contributed by atoms with van der Waals surface area (Å²) in [5.74, 6) is -0.948. The minimum Gasteiger partial charge on any atom is -0.462 e. The van der Waals surface area contributed by atoms with Crippen LogP contribution >= 0.6 is 0 Å². The van der Waals surface area contributed by atoms with Crippen molar-refractivity contribution in [3.63, 3.8) is 0 Å². The van der Waals surface area contributed by atoms with Crippen LogP contribution in [0.25, 0.3) is 0 Å². The molecule has 1 atom stereocenters. The van der Waals surface area contributed by atoms with Gasteiger partial charge in [-0.15, -0.1) is 0 Å². The van der Waals surface area contributed by atoms with Gasteiger partial charge in [0.15, 0.2) is 6.10 Å². The molecule has 0 amide bonds. The SMILES string of the molecule is CC/C=C\C/C=C\C/C=C\C/C=C\C/C=C\CCCCCC(=O)OC[C@H](COC(=O)CCCCCCCCCCC/C=C\CCCCCCCC)OC(=O)CCCCCCC/C=C\C/C=C\C/C=C\CC. The molecule has 0 aliphatic rings. The molecule has 71 heavy (non-hydrogen) atoms. The number of carbonyl (C=O) groups is 3. The monoisotopic (exact) mass is 985 g/mol. The van der Waals surface area contributed by atoms with Gasteiger partial charge in [-0.25, -0.2) is 0 Å². The Morgan fingerprint density at radius 3 is 0.887 bits per heavy atom. The molecule has 0 aliphatic heterocycles. The van der Waals surface area contributed by atoms with Gasteiger partial charge in [0.1, 0.15) is 13.2 Å². The number of hydrogen-bond acceptors (Lipinski definition) is 6. The molecule has 0 radical (unpaired) electrons. The minimum atomic E-state index is -0.804. The lowest BCUT2D eigenvalue weighted by Crippen LogP contribution is -2.30. The third-order valence-corrected chi connectivity index (χ3v) is 12.2. The minimum absolute atomic E-state index is 0.0980. The number of allylic oxidation sites excluding steroid dienone is 18. The van der Waals surface area contributed by atoms with Gasteiger partial charge in [0.25, 0.3) is 0 Å². The van der Waals surface area contributed by atoms with Crippen LogP contribution < -0.4 is 0 Å². The number of ether oxygens (including phenoxy) is 3. The summed E-state index contributed by atoms with van der Waals surface area (Å²) in [5.41, 5.74) is 0. The fraction of sp³-hybridized carbons (Fsp3) is 0.677. The van der Waals surface area contributed by atoms with Gasteiger partial charge in [-0.2, -0.15) is 0 Å². The van der Waals surface area contributed by atoms with E-state index in [1.54, 1.807) is 0 Å². The second-order valence-electron chi connectivity index (χ2n) is 19.1. The maximum atomic E-state index is 12.9. The van der Waals surface area contributed by atoms with Crippen molar-refractivity contribution in [3.05, 3.63) is 109 Å². The van der Waals surface area contributed by atoms with Crippen LogP contribution in [0, 0.1) is 0 Å². The average Bonchev–Trinajstić information content (AvgIpc) is 3.37. The zero-order valence-corrected chi connectivity index (χ0v) is 46.2. The standard InChI is InChI=1S/C65H108O6/c1-4-7-10-13-16-19-22-25-28-30-32-34-37-39-42-45-48-51-54-57-63(66)69-60-62(71-65(68)59-56-53-50-47-44-41-36-27-24-21-18-15-12-9-6-3)61-70-64(67)58-55-52-49-46-43-40-38-35-33-31-29-26-23-20-17-14-11-8-5-2/h7,9-10,12,16,18-19,21,25-29,32,34,36,39,42,62H,4-6,8,11,13-15,17,20,22-24,30-31,33,35,37-38,40-41,43-61H2,1-3H3/b10-7-,12-9-,19-16-,21-18-,28-25-,29-26-,34-32-,36-27-,42-39-/t62-/m1/s1. The lowest BCUT2D eigenvalue weighted by Gasteiger charge is -2.18. The van der Waals surface area contributed by atoms with E-state index in [2.05, 4.69) is 130 Å². The van der Waals surface area contributed by atoms with Crippen LogP contribution in [0.5, 0.6) is 0 Å². The molecule has 0 saturated heterocycles. The smallest absolute Gasteiger partial charge is 0.306 e. The molecule has 0 spiro atoms. The van der Waals surface area contributed by atoms with E-state index in [0.717, 1.165) is 135 Å². The number of carbonyl (C=O) groups excluding carboxylic acids is 3. The summed E-state index contributed by atoms with van der Waals surface area (Å²) in [6.07, 6.45) is 79.4. The fourth-order valence-electron chi connectivity index (χ4n) is 7.89. The quantitative estimate of drug-likeness (QED) is 0.0261. The van der Waals surface area contributed by atoms with Gasteiger partial charge in [0.2, 0.25) is 0 Å². The topological polar surface area (TPSA) is 78.9 Å². The maximum absolute atomic E-state index is 12.9. The van der Waals surface area contributed by atoms with Crippen LogP contribution in [0.3, 0.4) is 0 Å². The zero-order chi connectivity index (χ0) is 51.4. The highest BCUT2D eigenvalue weighted by molar-refractivity contribution is 5.71. The third kappa shape index (κ3) is 56.9. The van der Waals surface area contributed by atoms with Crippen molar-refractivity contribution in [1.82, 2.24) is 0 Å². The van der Waals surface area contributed by atoms with Crippen molar-refractivity contribution < 1.29 is 28.6 Å². The molecule has 0 aromatic carbocycles. The highest BCUT2D eigenvalue weighted by Gasteiger charge is 2.19. The summed E-state index contributed by atoms with van der Waals surface area (Å²) >= 11 is 0. The molecule has 0 aliphatic carbocycles. The molecule has 0 bridgehead atoms. The van der Waals surface area contributed by atoms with Crippen LogP contribution in [-0.4, -0.2) is 37.2 Å². The third-order valence-electron chi connectivity index (χ3n) is 12.2. The van der Waals surface area contributed by atoms with E-state index in [9.17, 15) is 14.4 Å². The van der Waals surface area contributed by atoms with Crippen LogP contribution in [0.2, 0.25) is 0 Å². The van der Waals surface area contributed by atoms with Crippen LogP contribution in [0.4, 0.5) is 0 Å². The number of esters is 3. The Hall–Kier alpha value is -3.93. The largest absolute Gasteiger partial charge is 0.462 e. The highest BCUT2D eigenvalue weighted by Crippen LogP contribution is 2.15. The average molecular weight is 986 g/mol. The molecule has 0 N–H and O–H groups in total. The summed E-state index contributed by atoms with van der Waals surface area (Å²) in [6, 6.07) is 0. The highest BCUT2D eigenvalue weighted by atomic mass is 16.6. The first-order valence-corrected chi connectivity index (χ1v) is 29.4. The molecule has 0 rings (SSSR count). The van der Waals surface area contributed by atoms with Crippen molar-refractivity contribution in [2.45, 2.75) is 271 Å². The Bertz CT molecular complexity index is 1460. The van der Waals surface area contributed by atoms with Crippen LogP contribution in [0.1, 0.15) is 265 Å². The lowest BCUT2D eigenvalue weighted by molar-refractivity contribution is -0.167. The summed E-state index contributed by atoms with van der Waals surface area (Å²) in [4.78, 5) is 38.2. The summed E-state index contributed by atoms with van der Waals surface area (Å²) < 4.78 is 16.8. The molecule has 0 aromatic heterocycles. The molecule has 0 fully saturated rings. The number of unbranched alkanes of at least 4 members (excludes halogenated alkanes) is 23. The van der Waals surface area contributed by atoms with Crippen molar-refractivity contribution in [3.8, 4) is 0 Å². The van der Waals surface area contributed by atoms with Crippen molar-refractivity contribution >= 4 is 17.9 Å². The molecule has 404 valence electrons. The number of hydrogen-bond donors (Lipinski definition) is 0. The molecular formula is C65H108O6. The van der Waals surface area contributed by atoms with E-state index in [1.165, 1.54) is 89.9 Å². The summed E-state index contributed by atoms with van der Waals surface area (Å²) in [7, 11) is 0. The van der Waals surface area contributed by atoms with Gasteiger partial charge in [-0.05, 0) is 122 Å². The first-order chi connectivity index (χ1) is 35.0. The first-order valence-electron chi connectivity index (χ1n) is 29.4. The van der Waals surface area contributed by atoms with Gasteiger partial charge < -0.3 is 14.2 Å². The van der Waals surface area contributed by atoms with E-state index in [-0.39, 0.29) is 31.1 Å². The fourth-order valence-corrected chi connectivity index (χ4v) is 7.89. The van der Waals surface area contributed by atoms with Gasteiger partial charge in [0, 0.05) is 19.3 Å². The lowest BCUT2D eigenvalue weighted by atomic mass is 10.1. The Kier molecular flexibility index (Phi) is 55.4. The van der Waals surface area contributed by atoms with E-state index in [0.29, 0.717) is 19.3 Å². The second kappa shape index (κ2) is 58.6. The zero-order valence-electron chi connectivity index (χ0n) is 46.2. The summed E-state index contributed by atoms with van der Waals surface area (Å²) in [6.45, 7) is 6.37. The summed E-state index contributed by atoms with van der Waals surface area (Å²) in [5, 5.41) is 0. The molecule has 0 unspecified atom stereocenters. The Morgan fingerprint density at radius 2 is 0.549 bits per heavy atom. The number of rotatable bonds is 52. The van der Waals surface area contributed by atoms with Crippen molar-refractivity contribution in [2.75, 3.05) is 13.2 Å². The molecule has 6 heteroatoms. The molecule has 0 heterocycles.